The zero-order chi connectivity index (χ0) is 19.0. The molecular weight excluding hydrogens is 386 g/mol. The van der Waals surface area contributed by atoms with Gasteiger partial charge in [-0.05, 0) is 50.9 Å². The third-order valence-electron chi connectivity index (χ3n) is 4.84. The highest BCUT2D eigenvalue weighted by Gasteiger charge is 2.08. The maximum absolute atomic E-state index is 5.87. The fourth-order valence-corrected chi connectivity index (χ4v) is 3.36. The van der Waals surface area contributed by atoms with Gasteiger partial charge in [0.05, 0.1) is 13.2 Å². The third-order valence-corrected chi connectivity index (χ3v) is 5.41. The Labute approximate surface area is 169 Å². The number of halogens is 1. The molecule has 0 spiro atoms. The highest BCUT2D eigenvalue weighted by Crippen LogP contribution is 2.16. The van der Waals surface area contributed by atoms with E-state index in [0.29, 0.717) is 12.6 Å². The average Bonchev–Trinajstić information content (AvgIpc) is 2.64. The smallest absolute Gasteiger partial charge is 0.119 e. The summed E-state index contributed by atoms with van der Waals surface area (Å²) in [6.45, 7) is 3.73. The fourth-order valence-electron chi connectivity index (χ4n) is 2.97. The van der Waals surface area contributed by atoms with Gasteiger partial charge in [0.2, 0.25) is 0 Å². The van der Waals surface area contributed by atoms with E-state index in [-0.39, 0.29) is 0 Å². The first-order valence-electron chi connectivity index (χ1n) is 10.1. The fraction of sp³-hybridized carbons (Fsp3) is 0.652. The minimum atomic E-state index is 0.442. The molecule has 1 atom stereocenters. The van der Waals surface area contributed by atoms with Crippen LogP contribution in [0.3, 0.4) is 0 Å². The number of rotatable bonds is 15. The van der Waals surface area contributed by atoms with Crippen molar-refractivity contribution in [2.75, 3.05) is 25.5 Å². The molecule has 1 aromatic rings. The second kappa shape index (κ2) is 15.1. The number of likely N-dealkylation sites (N-methyl/N-ethyl adjacent to an activating group) is 1. The highest BCUT2D eigenvalue weighted by molar-refractivity contribution is 9.09. The quantitative estimate of drug-likeness (QED) is 0.193. The van der Waals surface area contributed by atoms with Crippen LogP contribution in [0, 0.1) is 12.3 Å². The standard InChI is InChI=1S/C23H36BrNO/c1-4-18-25(3)21(2)20-22-13-15-23(16-14-22)26-19-12-10-8-6-5-7-9-11-17-24/h1,13-16,21H,5-12,17-20H2,2-3H3/t21-/m1/s1. The molecule has 3 heteroatoms. The summed E-state index contributed by atoms with van der Waals surface area (Å²) in [5, 5.41) is 1.15. The predicted molar refractivity (Wildman–Crippen MR) is 117 cm³/mol. The monoisotopic (exact) mass is 421 g/mol. The van der Waals surface area contributed by atoms with E-state index in [1.807, 2.05) is 0 Å². The van der Waals surface area contributed by atoms with Gasteiger partial charge in [-0.25, -0.2) is 0 Å². The number of unbranched alkanes of at least 4 members (excludes halogenated alkanes) is 7. The Balaban J connectivity index is 2.11. The lowest BCUT2D eigenvalue weighted by Gasteiger charge is -2.22. The minimum Gasteiger partial charge on any atom is -0.494 e. The molecule has 0 bridgehead atoms. The first-order chi connectivity index (χ1) is 12.7. The number of terminal acetylenes is 1. The second-order valence-electron chi connectivity index (χ2n) is 7.18. The highest BCUT2D eigenvalue weighted by atomic mass is 79.9. The lowest BCUT2D eigenvalue weighted by molar-refractivity contribution is 0.286. The molecule has 0 saturated carbocycles. The summed E-state index contributed by atoms with van der Waals surface area (Å²) in [7, 11) is 2.07. The molecular formula is C23H36BrNO. The zero-order valence-electron chi connectivity index (χ0n) is 16.7. The summed E-state index contributed by atoms with van der Waals surface area (Å²) < 4.78 is 5.87. The van der Waals surface area contributed by atoms with Crippen molar-refractivity contribution in [3.63, 3.8) is 0 Å². The molecule has 0 fully saturated rings. The predicted octanol–water partition coefficient (Wildman–Crippen LogP) is 6.08. The first-order valence-corrected chi connectivity index (χ1v) is 11.2. The molecule has 1 aromatic carbocycles. The van der Waals surface area contributed by atoms with Crippen molar-refractivity contribution in [3.05, 3.63) is 29.8 Å². The van der Waals surface area contributed by atoms with Crippen molar-refractivity contribution in [1.82, 2.24) is 4.90 Å². The zero-order valence-corrected chi connectivity index (χ0v) is 18.3. The average molecular weight is 422 g/mol. The topological polar surface area (TPSA) is 12.5 Å². The number of hydrogen-bond donors (Lipinski definition) is 0. The van der Waals surface area contributed by atoms with E-state index in [0.717, 1.165) is 30.5 Å². The van der Waals surface area contributed by atoms with Crippen molar-refractivity contribution in [2.45, 2.75) is 70.8 Å². The maximum Gasteiger partial charge on any atom is 0.119 e. The Kier molecular flexibility index (Phi) is 13.4. The van der Waals surface area contributed by atoms with Crippen molar-refractivity contribution in [2.24, 2.45) is 0 Å². The molecule has 0 aromatic heterocycles. The number of benzene rings is 1. The normalized spacial score (nSPS) is 12.1. The molecule has 2 nitrogen and oxygen atoms in total. The molecule has 0 radical (unpaired) electrons. The van der Waals surface area contributed by atoms with Crippen molar-refractivity contribution >= 4 is 15.9 Å². The molecule has 0 aliphatic heterocycles. The van der Waals surface area contributed by atoms with Crippen LogP contribution < -0.4 is 4.74 Å². The van der Waals surface area contributed by atoms with Crippen LogP contribution in [0.15, 0.2) is 24.3 Å². The van der Waals surface area contributed by atoms with Crippen LogP contribution in [0.5, 0.6) is 5.75 Å². The van der Waals surface area contributed by atoms with Gasteiger partial charge in [-0.15, -0.1) is 6.42 Å². The molecule has 146 valence electrons. The maximum atomic E-state index is 5.87. The Morgan fingerprint density at radius 2 is 1.58 bits per heavy atom. The molecule has 0 heterocycles. The van der Waals surface area contributed by atoms with E-state index in [1.54, 1.807) is 0 Å². The molecule has 0 aliphatic carbocycles. The molecule has 26 heavy (non-hydrogen) atoms. The van der Waals surface area contributed by atoms with Crippen LogP contribution in [-0.2, 0) is 6.42 Å². The van der Waals surface area contributed by atoms with Crippen molar-refractivity contribution in [1.29, 1.82) is 0 Å². The third kappa shape index (κ3) is 10.9. The van der Waals surface area contributed by atoms with Crippen LogP contribution in [0.1, 0.15) is 63.9 Å². The van der Waals surface area contributed by atoms with Gasteiger partial charge in [0.25, 0.3) is 0 Å². The van der Waals surface area contributed by atoms with Gasteiger partial charge in [-0.3, -0.25) is 4.90 Å². The minimum absolute atomic E-state index is 0.442. The van der Waals surface area contributed by atoms with Gasteiger partial charge in [-0.2, -0.15) is 0 Å². The Hall–Kier alpha value is -0.980. The summed E-state index contributed by atoms with van der Waals surface area (Å²) in [6.07, 6.45) is 16.9. The van der Waals surface area contributed by atoms with E-state index in [2.05, 4.69) is 65.0 Å². The van der Waals surface area contributed by atoms with Gasteiger partial charge in [0.15, 0.2) is 0 Å². The van der Waals surface area contributed by atoms with E-state index in [4.69, 9.17) is 11.2 Å². The van der Waals surface area contributed by atoms with E-state index >= 15 is 0 Å². The van der Waals surface area contributed by atoms with E-state index < -0.39 is 0 Å². The summed E-state index contributed by atoms with van der Waals surface area (Å²) in [5.41, 5.74) is 1.33. The summed E-state index contributed by atoms with van der Waals surface area (Å²) in [5.74, 6) is 3.68. The largest absolute Gasteiger partial charge is 0.494 e. The second-order valence-corrected chi connectivity index (χ2v) is 7.98. The number of alkyl halides is 1. The lowest BCUT2D eigenvalue weighted by Crippen LogP contribution is -2.31. The lowest BCUT2D eigenvalue weighted by atomic mass is 10.1. The van der Waals surface area contributed by atoms with Crippen LogP contribution >= 0.6 is 15.9 Å². The van der Waals surface area contributed by atoms with Gasteiger partial charge < -0.3 is 4.74 Å². The Bertz CT molecular complexity index is 494. The van der Waals surface area contributed by atoms with Crippen LogP contribution in [0.4, 0.5) is 0 Å². The van der Waals surface area contributed by atoms with Gasteiger partial charge in [0, 0.05) is 11.4 Å². The Morgan fingerprint density at radius 3 is 2.15 bits per heavy atom. The molecule has 1 rings (SSSR count). The number of ether oxygens (including phenoxy) is 1. The van der Waals surface area contributed by atoms with Crippen molar-refractivity contribution in [3.8, 4) is 18.1 Å². The summed E-state index contributed by atoms with van der Waals surface area (Å²) in [4.78, 5) is 2.20. The van der Waals surface area contributed by atoms with Crippen LogP contribution in [-0.4, -0.2) is 36.5 Å². The van der Waals surface area contributed by atoms with Gasteiger partial charge >= 0.3 is 0 Å². The summed E-state index contributed by atoms with van der Waals surface area (Å²) in [6, 6.07) is 8.96. The SMILES string of the molecule is C#CCN(C)[C@H](C)Cc1ccc(OCCCCCCCCCCBr)cc1. The molecule has 0 aliphatic rings. The van der Waals surface area contributed by atoms with Gasteiger partial charge in [-0.1, -0.05) is 72.5 Å². The van der Waals surface area contributed by atoms with E-state index in [1.165, 1.54) is 50.5 Å². The van der Waals surface area contributed by atoms with Crippen LogP contribution in [0.2, 0.25) is 0 Å². The van der Waals surface area contributed by atoms with Gasteiger partial charge in [0.1, 0.15) is 5.75 Å². The molecule has 0 amide bonds. The van der Waals surface area contributed by atoms with Crippen LogP contribution in [0.25, 0.3) is 0 Å². The summed E-state index contributed by atoms with van der Waals surface area (Å²) >= 11 is 3.48. The number of nitrogens with zero attached hydrogens (tertiary/aromatic N) is 1. The first kappa shape index (κ1) is 23.1. The molecule has 0 unspecified atom stereocenters. The number of hydrogen-bond acceptors (Lipinski definition) is 2. The van der Waals surface area contributed by atoms with Crippen molar-refractivity contribution < 1.29 is 4.74 Å². The molecule has 0 N–H and O–H groups in total. The van der Waals surface area contributed by atoms with E-state index in [9.17, 15) is 0 Å². The Morgan fingerprint density at radius 1 is 1.00 bits per heavy atom. The molecule has 0 saturated heterocycles.